The fourth-order valence-corrected chi connectivity index (χ4v) is 2.61. The van der Waals surface area contributed by atoms with Crippen LogP contribution in [0.25, 0.3) is 17.1 Å². The summed E-state index contributed by atoms with van der Waals surface area (Å²) in [5, 5.41) is 1.47. The van der Waals surface area contributed by atoms with Crippen molar-refractivity contribution < 1.29 is 4.79 Å². The zero-order chi connectivity index (χ0) is 19.9. The van der Waals surface area contributed by atoms with Crippen molar-refractivity contribution in [2.24, 2.45) is 20.0 Å². The lowest BCUT2D eigenvalue weighted by atomic mass is 10.2. The molecule has 4 rings (SSSR count). The van der Waals surface area contributed by atoms with Crippen LogP contribution in [-0.4, -0.2) is 39.5 Å². The first-order valence-electron chi connectivity index (χ1n) is 8.83. The van der Waals surface area contributed by atoms with Gasteiger partial charge in [0.2, 0.25) is 5.91 Å². The molecule has 0 aliphatic carbocycles. The molecule has 8 nitrogen and oxygen atoms in total. The van der Waals surface area contributed by atoms with Gasteiger partial charge in [0.1, 0.15) is 11.8 Å². The molecule has 140 valence electrons. The number of para-hydroxylation sites is 1. The summed E-state index contributed by atoms with van der Waals surface area (Å²) in [6.45, 7) is 0. The highest BCUT2D eigenvalue weighted by Crippen LogP contribution is 2.21. The maximum Gasteiger partial charge on any atom is 0.249 e. The van der Waals surface area contributed by atoms with Crippen molar-refractivity contribution in [3.63, 3.8) is 0 Å². The zero-order valence-corrected chi connectivity index (χ0v) is 15.3. The number of rotatable bonds is 0. The summed E-state index contributed by atoms with van der Waals surface area (Å²) in [5.41, 5.74) is 1.21. The molecule has 1 aliphatic heterocycles. The standard InChI is InChI=1S/C21H15N7O/c29-19-9-6-15-4-1-2-5-16(15)27-21-20-17(25-14-26-21)7-8-18(28-20)23-11-3-10-22-12-13-24-19/h1-8,10-14H,9H2/b10-3-,15-6-,22-12?,23-11?,24-13?,27-16?. The Bertz CT molecular complexity index is 1310. The number of nitrogens with zero attached hydrogens (tertiary/aromatic N) is 7. The van der Waals surface area contributed by atoms with Crippen LogP contribution in [0, 0.1) is 0 Å². The number of allylic oxidation sites excluding steroid dienone is 1. The van der Waals surface area contributed by atoms with Crippen molar-refractivity contribution in [2.75, 3.05) is 0 Å². The number of benzene rings is 1. The lowest BCUT2D eigenvalue weighted by molar-refractivity contribution is -0.116. The Hall–Kier alpha value is -4.20. The molecule has 0 unspecified atom stereocenters. The van der Waals surface area contributed by atoms with E-state index in [1.807, 2.05) is 30.3 Å². The second kappa shape index (κ2) is 8.66. The van der Waals surface area contributed by atoms with E-state index in [0.717, 1.165) is 5.22 Å². The third-order valence-corrected chi connectivity index (χ3v) is 3.94. The summed E-state index contributed by atoms with van der Waals surface area (Å²) >= 11 is 0. The van der Waals surface area contributed by atoms with Crippen LogP contribution in [0.2, 0.25) is 0 Å². The second-order valence-electron chi connectivity index (χ2n) is 5.90. The Morgan fingerprint density at radius 2 is 1.83 bits per heavy atom. The van der Waals surface area contributed by atoms with Gasteiger partial charge in [-0.05, 0) is 29.5 Å². The Kier molecular flexibility index (Phi) is 5.43. The van der Waals surface area contributed by atoms with Crippen molar-refractivity contribution >= 4 is 53.3 Å². The van der Waals surface area contributed by atoms with Crippen molar-refractivity contribution in [3.05, 3.63) is 65.6 Å². The van der Waals surface area contributed by atoms with Gasteiger partial charge in [-0.25, -0.2) is 29.9 Å². The van der Waals surface area contributed by atoms with Crippen molar-refractivity contribution in [1.82, 2.24) is 15.0 Å². The normalized spacial score (nSPS) is 16.4. The molecular weight excluding hydrogens is 366 g/mol. The van der Waals surface area contributed by atoms with Crippen LogP contribution < -0.4 is 10.6 Å². The molecule has 2 aromatic heterocycles. The summed E-state index contributed by atoms with van der Waals surface area (Å²) in [4.78, 5) is 41.8. The predicted octanol–water partition coefficient (Wildman–Crippen LogP) is 2.04. The topological polar surface area (TPSA) is 105 Å². The lowest BCUT2D eigenvalue weighted by Crippen LogP contribution is -2.24. The molecule has 1 aliphatic rings. The molecule has 8 heteroatoms. The Balaban J connectivity index is 1.93. The molecule has 3 heterocycles. The maximum absolute atomic E-state index is 12.0. The van der Waals surface area contributed by atoms with Crippen LogP contribution in [-0.2, 0) is 4.79 Å². The molecule has 0 saturated heterocycles. The van der Waals surface area contributed by atoms with Gasteiger partial charge in [0.05, 0.1) is 10.9 Å². The largest absolute Gasteiger partial charge is 0.272 e. The van der Waals surface area contributed by atoms with Gasteiger partial charge >= 0.3 is 0 Å². The summed E-state index contributed by atoms with van der Waals surface area (Å²) in [6, 6.07) is 11.1. The van der Waals surface area contributed by atoms with Gasteiger partial charge in [-0.15, -0.1) is 0 Å². The van der Waals surface area contributed by atoms with E-state index in [9.17, 15) is 4.79 Å². The highest BCUT2D eigenvalue weighted by molar-refractivity contribution is 6.19. The van der Waals surface area contributed by atoms with Gasteiger partial charge in [0.15, 0.2) is 11.6 Å². The smallest absolute Gasteiger partial charge is 0.249 e. The Morgan fingerprint density at radius 3 is 2.79 bits per heavy atom. The molecule has 0 N–H and O–H groups in total. The van der Waals surface area contributed by atoms with Crippen LogP contribution in [0.4, 0.5) is 11.6 Å². The van der Waals surface area contributed by atoms with Gasteiger partial charge in [-0.1, -0.05) is 24.3 Å². The van der Waals surface area contributed by atoms with Crippen LogP contribution in [0.15, 0.2) is 75.0 Å². The number of carbonyl (C=O) groups excluding carboxylic acids is 1. The number of carbonyl (C=O) groups is 1. The third-order valence-electron chi connectivity index (χ3n) is 3.94. The number of aliphatic imine (C=N–C) groups is 3. The molecule has 1 amide bonds. The van der Waals surface area contributed by atoms with Crippen molar-refractivity contribution in [1.29, 1.82) is 0 Å². The lowest BCUT2D eigenvalue weighted by Gasteiger charge is -2.01. The zero-order valence-electron chi connectivity index (χ0n) is 15.3. The third kappa shape index (κ3) is 4.56. The minimum absolute atomic E-state index is 0.145. The Labute approximate surface area is 165 Å². The molecule has 0 radical (unpaired) electrons. The molecule has 29 heavy (non-hydrogen) atoms. The number of pyridine rings is 1. The molecule has 0 fully saturated rings. The SMILES string of the molecule is O=C1C/C=c2/ccccc2=Nc2ncnc3ccc(nc23)N=C/C=C\N=CC=N1. The first-order chi connectivity index (χ1) is 14.3. The van der Waals surface area contributed by atoms with Gasteiger partial charge in [-0.3, -0.25) is 9.79 Å². The molecule has 2 bridgehead atoms. The highest BCUT2D eigenvalue weighted by atomic mass is 16.1. The number of fused-ring (bicyclic) bond motifs is 2. The second-order valence-corrected chi connectivity index (χ2v) is 5.90. The number of hydrogen-bond donors (Lipinski definition) is 0. The quantitative estimate of drug-likeness (QED) is 0.594. The van der Waals surface area contributed by atoms with Crippen LogP contribution >= 0.6 is 0 Å². The number of hydrogen-bond acceptors (Lipinski definition) is 7. The van der Waals surface area contributed by atoms with Crippen LogP contribution in [0.5, 0.6) is 0 Å². The summed E-state index contributed by atoms with van der Waals surface area (Å²) in [6.07, 6.45) is 10.9. The predicted molar refractivity (Wildman–Crippen MR) is 113 cm³/mol. The van der Waals surface area contributed by atoms with E-state index in [1.54, 1.807) is 24.4 Å². The molecule has 0 atom stereocenters. The van der Waals surface area contributed by atoms with Crippen LogP contribution in [0.1, 0.15) is 6.42 Å². The summed E-state index contributed by atoms with van der Waals surface area (Å²) in [7, 11) is 0. The first-order valence-corrected chi connectivity index (χ1v) is 8.83. The van der Waals surface area contributed by atoms with E-state index in [1.165, 1.54) is 25.0 Å². The first kappa shape index (κ1) is 18.2. The monoisotopic (exact) mass is 381 g/mol. The fraction of sp³-hybridized carbons (Fsp3) is 0.0476. The number of amides is 1. The molecular formula is C21H15N7O. The van der Waals surface area contributed by atoms with Gasteiger partial charge < -0.3 is 0 Å². The minimum Gasteiger partial charge on any atom is -0.272 e. The van der Waals surface area contributed by atoms with E-state index >= 15 is 0 Å². The average Bonchev–Trinajstić information content (AvgIpc) is 2.74. The fourth-order valence-electron chi connectivity index (χ4n) is 2.61. The van der Waals surface area contributed by atoms with Crippen molar-refractivity contribution in [3.8, 4) is 0 Å². The van der Waals surface area contributed by atoms with Crippen LogP contribution in [0.3, 0.4) is 0 Å². The number of aromatic nitrogens is 3. The van der Waals surface area contributed by atoms with Gasteiger partial charge in [-0.2, -0.15) is 0 Å². The maximum atomic E-state index is 12.0. The minimum atomic E-state index is -0.281. The highest BCUT2D eigenvalue weighted by Gasteiger charge is 2.05. The Morgan fingerprint density at radius 1 is 0.897 bits per heavy atom. The van der Waals surface area contributed by atoms with Gasteiger partial charge in [0, 0.05) is 31.3 Å². The summed E-state index contributed by atoms with van der Waals surface area (Å²) in [5.74, 6) is 0.653. The molecule has 0 saturated carbocycles. The molecule has 3 aromatic rings. The van der Waals surface area contributed by atoms with E-state index in [2.05, 4.69) is 34.9 Å². The average molecular weight is 381 g/mol. The van der Waals surface area contributed by atoms with Crippen molar-refractivity contribution in [2.45, 2.75) is 6.42 Å². The van der Waals surface area contributed by atoms with E-state index in [4.69, 9.17) is 0 Å². The van der Waals surface area contributed by atoms with E-state index in [0.29, 0.717) is 28.0 Å². The molecule has 0 spiro atoms. The summed E-state index contributed by atoms with van der Waals surface area (Å²) < 4.78 is 0. The van der Waals surface area contributed by atoms with E-state index in [-0.39, 0.29) is 12.3 Å². The van der Waals surface area contributed by atoms with Gasteiger partial charge in [0.25, 0.3) is 0 Å². The van der Waals surface area contributed by atoms with E-state index < -0.39 is 0 Å². The molecule has 1 aromatic carbocycles.